The van der Waals surface area contributed by atoms with Crippen LogP contribution in [0.25, 0.3) is 0 Å². The third kappa shape index (κ3) is 4.87. The first-order valence-electron chi connectivity index (χ1n) is 7.70. The van der Waals surface area contributed by atoms with Gasteiger partial charge in [-0.3, -0.25) is 4.79 Å². The molecule has 0 aromatic carbocycles. The molecule has 0 radical (unpaired) electrons. The molecule has 0 aliphatic heterocycles. The van der Waals surface area contributed by atoms with E-state index in [9.17, 15) is 4.79 Å². The molecular weight excluding hydrogens is 282 g/mol. The van der Waals surface area contributed by atoms with Gasteiger partial charge in [-0.2, -0.15) is 0 Å². The summed E-state index contributed by atoms with van der Waals surface area (Å²) >= 11 is 1.37. The van der Waals surface area contributed by atoms with Crippen molar-refractivity contribution in [2.24, 2.45) is 11.8 Å². The van der Waals surface area contributed by atoms with Crippen molar-refractivity contribution in [2.75, 3.05) is 13.2 Å². The molecule has 3 nitrogen and oxygen atoms in total. The van der Waals surface area contributed by atoms with Gasteiger partial charge in [0.1, 0.15) is 6.61 Å². The third-order valence-corrected chi connectivity index (χ3v) is 5.21. The van der Waals surface area contributed by atoms with E-state index in [1.54, 1.807) is 6.07 Å². The molecule has 1 aliphatic rings. The van der Waals surface area contributed by atoms with Crippen LogP contribution in [-0.4, -0.2) is 24.2 Å². The molecule has 114 valence electrons. The van der Waals surface area contributed by atoms with Gasteiger partial charge >= 0.3 is 0 Å². The molecule has 21 heavy (non-hydrogen) atoms. The van der Waals surface area contributed by atoms with E-state index in [1.807, 2.05) is 6.07 Å². The summed E-state index contributed by atoms with van der Waals surface area (Å²) in [5, 5.41) is 11.7. The predicted molar refractivity (Wildman–Crippen MR) is 86.4 cm³/mol. The summed E-state index contributed by atoms with van der Waals surface area (Å²) in [6.45, 7) is 2.89. The van der Waals surface area contributed by atoms with Crippen molar-refractivity contribution < 1.29 is 9.90 Å². The Morgan fingerprint density at radius 1 is 1.33 bits per heavy atom. The van der Waals surface area contributed by atoms with E-state index < -0.39 is 0 Å². The summed E-state index contributed by atoms with van der Waals surface area (Å²) in [5.74, 6) is 6.93. The average Bonchev–Trinajstić information content (AvgIpc) is 3.00. The first kappa shape index (κ1) is 16.1. The number of amides is 1. The van der Waals surface area contributed by atoms with Crippen LogP contribution < -0.4 is 5.32 Å². The van der Waals surface area contributed by atoms with Crippen molar-refractivity contribution >= 4 is 17.2 Å². The molecule has 2 N–H and O–H groups in total. The lowest BCUT2D eigenvalue weighted by Gasteiger charge is -2.27. The van der Waals surface area contributed by atoms with Crippen LogP contribution >= 0.6 is 11.3 Å². The number of hydrogen-bond acceptors (Lipinski definition) is 3. The Hall–Kier alpha value is -1.31. The van der Waals surface area contributed by atoms with Gasteiger partial charge in [-0.05, 0) is 36.8 Å². The number of hydrogen-bond donors (Lipinski definition) is 2. The molecule has 1 heterocycles. The molecule has 1 aliphatic carbocycles. The summed E-state index contributed by atoms with van der Waals surface area (Å²) in [6.07, 6.45) is 6.35. The molecule has 1 aromatic heterocycles. The highest BCUT2D eigenvalue weighted by atomic mass is 32.1. The van der Waals surface area contributed by atoms with Gasteiger partial charge in [-0.1, -0.05) is 38.0 Å². The highest BCUT2D eigenvalue weighted by molar-refractivity contribution is 7.14. The minimum absolute atomic E-state index is 0.00494. The van der Waals surface area contributed by atoms with Crippen molar-refractivity contribution in [3.05, 3.63) is 21.9 Å². The first-order valence-corrected chi connectivity index (χ1v) is 8.52. The molecule has 4 heteroatoms. The average molecular weight is 305 g/mol. The SMILES string of the molecule is CCC1CCC(CNC(=O)c2ccc(C#CCO)s2)CC1. The van der Waals surface area contributed by atoms with Gasteiger partial charge in [0.15, 0.2) is 0 Å². The van der Waals surface area contributed by atoms with Crippen LogP contribution in [0.5, 0.6) is 0 Å². The van der Waals surface area contributed by atoms with E-state index in [-0.39, 0.29) is 12.5 Å². The van der Waals surface area contributed by atoms with Gasteiger partial charge in [0.05, 0.1) is 9.75 Å². The lowest BCUT2D eigenvalue weighted by Crippen LogP contribution is -2.30. The Morgan fingerprint density at radius 3 is 2.71 bits per heavy atom. The largest absolute Gasteiger partial charge is 0.384 e. The molecule has 1 saturated carbocycles. The summed E-state index contributed by atoms with van der Waals surface area (Å²) < 4.78 is 0. The number of nitrogens with one attached hydrogen (secondary N) is 1. The van der Waals surface area contributed by atoms with Gasteiger partial charge in [0.2, 0.25) is 0 Å². The van der Waals surface area contributed by atoms with E-state index in [1.165, 1.54) is 43.4 Å². The van der Waals surface area contributed by atoms with E-state index in [0.29, 0.717) is 10.8 Å². The standard InChI is InChI=1S/C17H23NO2S/c1-2-13-5-7-14(8-6-13)12-18-17(20)16-10-9-15(21-16)4-3-11-19/h9-10,13-14,19H,2,5-8,11-12H2,1H3,(H,18,20). The zero-order valence-corrected chi connectivity index (χ0v) is 13.3. The Labute approximate surface area is 130 Å². The van der Waals surface area contributed by atoms with Crippen LogP contribution in [0, 0.1) is 23.7 Å². The topological polar surface area (TPSA) is 49.3 Å². The predicted octanol–water partition coefficient (Wildman–Crippen LogP) is 3.04. The number of aliphatic hydroxyl groups is 1. The maximum atomic E-state index is 12.1. The van der Waals surface area contributed by atoms with E-state index in [0.717, 1.165) is 17.3 Å². The number of aliphatic hydroxyl groups excluding tert-OH is 1. The first-order chi connectivity index (χ1) is 10.2. The molecule has 0 bridgehead atoms. The number of carbonyl (C=O) groups excluding carboxylic acids is 1. The third-order valence-electron chi connectivity index (χ3n) is 4.22. The molecule has 1 fully saturated rings. The fraction of sp³-hybridized carbons (Fsp3) is 0.588. The summed E-state index contributed by atoms with van der Waals surface area (Å²) in [7, 11) is 0. The van der Waals surface area contributed by atoms with E-state index in [2.05, 4.69) is 24.1 Å². The van der Waals surface area contributed by atoms with E-state index >= 15 is 0 Å². The van der Waals surface area contributed by atoms with Crippen LogP contribution in [0.4, 0.5) is 0 Å². The van der Waals surface area contributed by atoms with Crippen LogP contribution in [0.15, 0.2) is 12.1 Å². The van der Waals surface area contributed by atoms with Gasteiger partial charge < -0.3 is 10.4 Å². The fourth-order valence-electron chi connectivity index (χ4n) is 2.82. The second kappa shape index (κ2) is 8.21. The van der Waals surface area contributed by atoms with Crippen molar-refractivity contribution in [1.82, 2.24) is 5.32 Å². The minimum atomic E-state index is -0.153. The fourth-order valence-corrected chi connectivity index (χ4v) is 3.62. The summed E-state index contributed by atoms with van der Waals surface area (Å²) in [5.41, 5.74) is 0. The Bertz CT molecular complexity index is 518. The monoisotopic (exact) mass is 305 g/mol. The minimum Gasteiger partial charge on any atom is -0.384 e. The molecule has 0 unspecified atom stereocenters. The van der Waals surface area contributed by atoms with Crippen molar-refractivity contribution in [1.29, 1.82) is 0 Å². The number of thiophene rings is 1. The zero-order chi connectivity index (χ0) is 15.1. The van der Waals surface area contributed by atoms with Crippen LogP contribution in [0.3, 0.4) is 0 Å². The maximum Gasteiger partial charge on any atom is 0.261 e. The van der Waals surface area contributed by atoms with Crippen molar-refractivity contribution in [3.63, 3.8) is 0 Å². The van der Waals surface area contributed by atoms with Crippen molar-refractivity contribution in [3.8, 4) is 11.8 Å². The Morgan fingerprint density at radius 2 is 2.05 bits per heavy atom. The molecular formula is C17H23NO2S. The molecule has 1 aromatic rings. The molecule has 0 atom stereocenters. The Kier molecular flexibility index (Phi) is 6.28. The van der Waals surface area contributed by atoms with E-state index in [4.69, 9.17) is 5.11 Å². The van der Waals surface area contributed by atoms with Gasteiger partial charge in [0.25, 0.3) is 5.91 Å². The van der Waals surface area contributed by atoms with Gasteiger partial charge in [-0.25, -0.2) is 0 Å². The molecule has 0 spiro atoms. The van der Waals surface area contributed by atoms with Crippen LogP contribution in [0.2, 0.25) is 0 Å². The lowest BCUT2D eigenvalue weighted by atomic mass is 9.81. The van der Waals surface area contributed by atoms with Gasteiger partial charge in [-0.15, -0.1) is 11.3 Å². The van der Waals surface area contributed by atoms with Crippen molar-refractivity contribution in [2.45, 2.75) is 39.0 Å². The number of carbonyl (C=O) groups is 1. The lowest BCUT2D eigenvalue weighted by molar-refractivity contribution is 0.0945. The zero-order valence-electron chi connectivity index (χ0n) is 12.5. The number of rotatable bonds is 4. The Balaban J connectivity index is 1.78. The molecule has 2 rings (SSSR count). The summed E-state index contributed by atoms with van der Waals surface area (Å²) in [4.78, 5) is 13.6. The second-order valence-corrected chi connectivity index (χ2v) is 6.71. The second-order valence-electron chi connectivity index (χ2n) is 5.63. The smallest absolute Gasteiger partial charge is 0.261 e. The van der Waals surface area contributed by atoms with Crippen LogP contribution in [-0.2, 0) is 0 Å². The molecule has 0 saturated heterocycles. The normalized spacial score (nSPS) is 21.4. The van der Waals surface area contributed by atoms with Crippen LogP contribution in [0.1, 0.15) is 53.6 Å². The molecule has 1 amide bonds. The van der Waals surface area contributed by atoms with Gasteiger partial charge in [0, 0.05) is 6.54 Å². The maximum absolute atomic E-state index is 12.1. The quantitative estimate of drug-likeness (QED) is 0.840. The summed E-state index contributed by atoms with van der Waals surface area (Å²) in [6, 6.07) is 3.63. The highest BCUT2D eigenvalue weighted by Crippen LogP contribution is 2.30. The highest BCUT2D eigenvalue weighted by Gasteiger charge is 2.20.